The number of aromatic hydroxyl groups is 2. The lowest BCUT2D eigenvalue weighted by Gasteiger charge is -1.99. The third kappa shape index (κ3) is 3.49. The Morgan fingerprint density at radius 2 is 1.91 bits per heavy atom. The number of phenolic OH excluding ortho intramolecular Hbond substituents is 2. The highest BCUT2D eigenvalue weighted by Crippen LogP contribution is 2.32. The summed E-state index contributed by atoms with van der Waals surface area (Å²) in [6.45, 7) is 0. The number of thioether (sulfide) groups is 1. The number of hydrogen-bond acceptors (Lipinski definition) is 5. The molecule has 1 aliphatic heterocycles. The van der Waals surface area contributed by atoms with E-state index in [1.807, 2.05) is 6.07 Å². The Hall–Kier alpha value is -2.44. The van der Waals surface area contributed by atoms with Crippen LogP contribution in [-0.2, 0) is 4.79 Å². The van der Waals surface area contributed by atoms with Crippen LogP contribution in [0.2, 0.25) is 5.02 Å². The van der Waals surface area contributed by atoms with Gasteiger partial charge in [-0.1, -0.05) is 29.8 Å². The molecule has 0 bridgehead atoms. The van der Waals surface area contributed by atoms with E-state index in [9.17, 15) is 15.0 Å². The summed E-state index contributed by atoms with van der Waals surface area (Å²) in [5.74, 6) is -0.738. The molecule has 2 aromatic carbocycles. The van der Waals surface area contributed by atoms with E-state index in [-0.39, 0.29) is 17.4 Å². The Kier molecular flexibility index (Phi) is 4.27. The maximum Gasteiger partial charge on any atom is 0.264 e. The zero-order valence-corrected chi connectivity index (χ0v) is 13.2. The third-order valence-corrected chi connectivity index (χ3v) is 4.25. The van der Waals surface area contributed by atoms with E-state index >= 15 is 0 Å². The number of amidine groups is 1. The number of amides is 1. The van der Waals surface area contributed by atoms with Crippen LogP contribution >= 0.6 is 23.4 Å². The van der Waals surface area contributed by atoms with Crippen LogP contribution in [0.5, 0.6) is 11.5 Å². The molecule has 1 fully saturated rings. The van der Waals surface area contributed by atoms with Gasteiger partial charge in [-0.05, 0) is 47.7 Å². The lowest BCUT2D eigenvalue weighted by atomic mass is 10.2. The maximum atomic E-state index is 12.0. The Balaban J connectivity index is 1.86. The molecule has 0 unspecified atom stereocenters. The van der Waals surface area contributed by atoms with Gasteiger partial charge in [0.05, 0.1) is 15.6 Å². The first-order valence-electron chi connectivity index (χ1n) is 6.59. The fourth-order valence-electron chi connectivity index (χ4n) is 1.91. The first-order valence-corrected chi connectivity index (χ1v) is 7.78. The molecule has 1 aliphatic rings. The van der Waals surface area contributed by atoms with Crippen LogP contribution in [0, 0.1) is 0 Å². The highest BCUT2D eigenvalue weighted by molar-refractivity contribution is 8.18. The van der Waals surface area contributed by atoms with Crippen molar-refractivity contribution >= 4 is 46.2 Å². The van der Waals surface area contributed by atoms with Gasteiger partial charge in [-0.25, -0.2) is 4.99 Å². The number of hydrogen-bond donors (Lipinski definition) is 3. The van der Waals surface area contributed by atoms with Gasteiger partial charge in [0.15, 0.2) is 16.7 Å². The van der Waals surface area contributed by atoms with Crippen LogP contribution in [0.1, 0.15) is 5.56 Å². The van der Waals surface area contributed by atoms with Gasteiger partial charge >= 0.3 is 0 Å². The van der Waals surface area contributed by atoms with Crippen molar-refractivity contribution in [2.75, 3.05) is 0 Å². The number of aliphatic imine (C=N–C) groups is 1. The quantitative estimate of drug-likeness (QED) is 0.572. The summed E-state index contributed by atoms with van der Waals surface area (Å²) in [6.07, 6.45) is 1.61. The summed E-state index contributed by atoms with van der Waals surface area (Å²) >= 11 is 7.22. The second-order valence-electron chi connectivity index (χ2n) is 4.68. The molecule has 2 aromatic rings. The molecular weight excluding hydrogens is 336 g/mol. The van der Waals surface area contributed by atoms with Crippen molar-refractivity contribution in [3.63, 3.8) is 0 Å². The highest BCUT2D eigenvalue weighted by atomic mass is 35.5. The SMILES string of the molecule is O=C1NC(=Nc2ccccc2Cl)SC1=Cc1ccc(O)c(O)c1. The molecule has 0 radical (unpaired) electrons. The summed E-state index contributed by atoms with van der Waals surface area (Å²) in [5.41, 5.74) is 1.16. The summed E-state index contributed by atoms with van der Waals surface area (Å²) in [7, 11) is 0. The average Bonchev–Trinajstić information content (AvgIpc) is 2.85. The van der Waals surface area contributed by atoms with Gasteiger partial charge < -0.3 is 15.5 Å². The van der Waals surface area contributed by atoms with E-state index in [1.165, 1.54) is 23.9 Å². The number of nitrogens with zero attached hydrogens (tertiary/aromatic N) is 1. The van der Waals surface area contributed by atoms with Gasteiger partial charge in [0, 0.05) is 0 Å². The van der Waals surface area contributed by atoms with Gasteiger partial charge in [-0.3, -0.25) is 4.79 Å². The lowest BCUT2D eigenvalue weighted by Crippen LogP contribution is -2.19. The minimum atomic E-state index is -0.284. The Bertz CT molecular complexity index is 849. The average molecular weight is 347 g/mol. The minimum absolute atomic E-state index is 0.211. The Morgan fingerprint density at radius 1 is 1.13 bits per heavy atom. The molecule has 23 heavy (non-hydrogen) atoms. The van der Waals surface area contributed by atoms with Crippen molar-refractivity contribution < 1.29 is 15.0 Å². The minimum Gasteiger partial charge on any atom is -0.504 e. The molecule has 116 valence electrons. The van der Waals surface area contributed by atoms with Crippen LogP contribution in [-0.4, -0.2) is 21.3 Å². The molecule has 3 rings (SSSR count). The van der Waals surface area contributed by atoms with Crippen LogP contribution in [0.15, 0.2) is 52.4 Å². The monoisotopic (exact) mass is 346 g/mol. The zero-order chi connectivity index (χ0) is 16.4. The Morgan fingerprint density at radius 3 is 2.65 bits per heavy atom. The molecule has 0 spiro atoms. The molecule has 1 saturated heterocycles. The molecule has 5 nitrogen and oxygen atoms in total. The molecule has 0 aromatic heterocycles. The fraction of sp³-hybridized carbons (Fsp3) is 0. The number of carbonyl (C=O) groups excluding carboxylic acids is 1. The second-order valence-corrected chi connectivity index (χ2v) is 6.12. The summed E-state index contributed by atoms with van der Waals surface area (Å²) in [6, 6.07) is 11.4. The topological polar surface area (TPSA) is 81.9 Å². The molecule has 7 heteroatoms. The van der Waals surface area contributed by atoms with E-state index in [0.29, 0.717) is 26.3 Å². The largest absolute Gasteiger partial charge is 0.504 e. The van der Waals surface area contributed by atoms with E-state index in [4.69, 9.17) is 11.6 Å². The fourth-order valence-corrected chi connectivity index (χ4v) is 2.93. The van der Waals surface area contributed by atoms with Crippen molar-refractivity contribution in [2.24, 2.45) is 4.99 Å². The van der Waals surface area contributed by atoms with Gasteiger partial charge in [0.25, 0.3) is 5.91 Å². The van der Waals surface area contributed by atoms with Crippen LogP contribution in [0.3, 0.4) is 0 Å². The normalized spacial score (nSPS) is 17.7. The predicted octanol–water partition coefficient (Wildman–Crippen LogP) is 3.64. The van der Waals surface area contributed by atoms with E-state index in [1.54, 1.807) is 30.3 Å². The van der Waals surface area contributed by atoms with Gasteiger partial charge in [0.1, 0.15) is 0 Å². The van der Waals surface area contributed by atoms with Crippen molar-refractivity contribution in [3.05, 3.63) is 58.0 Å². The molecule has 0 saturated carbocycles. The molecular formula is C16H11ClN2O3S. The lowest BCUT2D eigenvalue weighted by molar-refractivity contribution is -0.115. The number of benzene rings is 2. The zero-order valence-electron chi connectivity index (χ0n) is 11.7. The number of halogens is 1. The van der Waals surface area contributed by atoms with E-state index in [0.717, 1.165) is 0 Å². The number of nitrogens with one attached hydrogen (secondary N) is 1. The molecule has 1 amide bonds. The number of para-hydroxylation sites is 1. The first kappa shape index (κ1) is 15.5. The maximum absolute atomic E-state index is 12.0. The number of carbonyl (C=O) groups is 1. The molecule has 0 atom stereocenters. The Labute approximate surface area is 141 Å². The van der Waals surface area contributed by atoms with Crippen molar-refractivity contribution in [1.82, 2.24) is 5.32 Å². The summed E-state index contributed by atoms with van der Waals surface area (Å²) < 4.78 is 0. The van der Waals surface area contributed by atoms with E-state index < -0.39 is 0 Å². The van der Waals surface area contributed by atoms with Crippen LogP contribution in [0.4, 0.5) is 5.69 Å². The molecule has 0 aliphatic carbocycles. The second kappa shape index (κ2) is 6.36. The number of phenols is 2. The van der Waals surface area contributed by atoms with Gasteiger partial charge in [0.2, 0.25) is 0 Å². The third-order valence-electron chi connectivity index (χ3n) is 3.02. The molecule has 1 heterocycles. The highest BCUT2D eigenvalue weighted by Gasteiger charge is 2.24. The predicted molar refractivity (Wildman–Crippen MR) is 92.0 cm³/mol. The summed E-state index contributed by atoms with van der Waals surface area (Å²) in [5, 5.41) is 22.4. The standard InChI is InChI=1S/C16H11ClN2O3S/c17-10-3-1-2-4-11(10)18-16-19-15(22)14(23-16)8-9-5-6-12(20)13(21)7-9/h1-8,20-21H,(H,18,19,22). The number of rotatable bonds is 2. The van der Waals surface area contributed by atoms with Crippen molar-refractivity contribution in [3.8, 4) is 11.5 Å². The van der Waals surface area contributed by atoms with Crippen molar-refractivity contribution in [1.29, 1.82) is 0 Å². The molecule has 3 N–H and O–H groups in total. The van der Waals surface area contributed by atoms with Crippen LogP contribution < -0.4 is 5.32 Å². The first-order chi connectivity index (χ1) is 11.0. The van der Waals surface area contributed by atoms with Crippen molar-refractivity contribution in [2.45, 2.75) is 0 Å². The summed E-state index contributed by atoms with van der Waals surface area (Å²) in [4.78, 5) is 16.7. The van der Waals surface area contributed by atoms with Gasteiger partial charge in [-0.2, -0.15) is 0 Å². The van der Waals surface area contributed by atoms with E-state index in [2.05, 4.69) is 10.3 Å². The van der Waals surface area contributed by atoms with Gasteiger partial charge in [-0.15, -0.1) is 0 Å². The smallest absolute Gasteiger partial charge is 0.264 e. The van der Waals surface area contributed by atoms with Crippen LogP contribution in [0.25, 0.3) is 6.08 Å².